The van der Waals surface area contributed by atoms with Crippen LogP contribution in [0.25, 0.3) is 0 Å². The smallest absolute Gasteiger partial charge is 0.274 e. The van der Waals surface area contributed by atoms with Gasteiger partial charge in [-0.15, -0.1) is 0 Å². The van der Waals surface area contributed by atoms with Crippen LogP contribution in [0.5, 0.6) is 0 Å². The van der Waals surface area contributed by atoms with Gasteiger partial charge in [-0.2, -0.15) is 5.10 Å². The standard InChI is InChI=1S/C14H24N4O3/c1-5-10-11(15)12(17(4)16-10)13(20)18-6-9(7-19)21-14(2,3)8-18/h9,19H,5-8,15H2,1-4H3. The van der Waals surface area contributed by atoms with Crippen LogP contribution in [-0.4, -0.2) is 57.1 Å². The second-order valence-corrected chi connectivity index (χ2v) is 6.05. The van der Waals surface area contributed by atoms with Gasteiger partial charge in [0.2, 0.25) is 0 Å². The number of nitrogens with zero attached hydrogens (tertiary/aromatic N) is 3. The molecule has 0 aromatic carbocycles. The van der Waals surface area contributed by atoms with E-state index in [-0.39, 0.29) is 18.6 Å². The Kier molecular flexibility index (Phi) is 4.25. The summed E-state index contributed by atoms with van der Waals surface area (Å²) in [6, 6.07) is 0. The number of nitrogen functional groups attached to an aromatic ring is 1. The number of hydrogen-bond acceptors (Lipinski definition) is 5. The third kappa shape index (κ3) is 3.03. The molecule has 1 amide bonds. The number of hydrogen-bond donors (Lipinski definition) is 2. The minimum atomic E-state index is -0.498. The van der Waals surface area contributed by atoms with Crippen molar-refractivity contribution < 1.29 is 14.6 Å². The van der Waals surface area contributed by atoms with Crippen LogP contribution in [0.1, 0.15) is 37.0 Å². The first-order valence-corrected chi connectivity index (χ1v) is 7.18. The highest BCUT2D eigenvalue weighted by molar-refractivity contribution is 5.98. The maximum absolute atomic E-state index is 12.8. The summed E-state index contributed by atoms with van der Waals surface area (Å²) in [5.74, 6) is -0.169. The lowest BCUT2D eigenvalue weighted by Gasteiger charge is -2.42. The Balaban J connectivity index is 2.29. The largest absolute Gasteiger partial charge is 0.395 e. The molecule has 0 saturated carbocycles. The number of rotatable bonds is 3. The lowest BCUT2D eigenvalue weighted by molar-refractivity contribution is -0.139. The van der Waals surface area contributed by atoms with Crippen molar-refractivity contribution in [1.29, 1.82) is 0 Å². The van der Waals surface area contributed by atoms with E-state index in [9.17, 15) is 9.90 Å². The number of amides is 1. The molecule has 7 heteroatoms. The summed E-state index contributed by atoms with van der Waals surface area (Å²) in [4.78, 5) is 14.4. The second kappa shape index (κ2) is 5.65. The highest BCUT2D eigenvalue weighted by atomic mass is 16.5. The molecule has 0 bridgehead atoms. The molecule has 0 radical (unpaired) electrons. The molecule has 1 saturated heterocycles. The molecule has 1 aliphatic rings. The molecule has 2 rings (SSSR count). The molecule has 1 aromatic heterocycles. The number of carbonyl (C=O) groups is 1. The summed E-state index contributed by atoms with van der Waals surface area (Å²) in [7, 11) is 1.72. The van der Waals surface area contributed by atoms with Gasteiger partial charge in [-0.25, -0.2) is 0 Å². The van der Waals surface area contributed by atoms with Gasteiger partial charge in [-0.3, -0.25) is 9.48 Å². The zero-order valence-electron chi connectivity index (χ0n) is 13.1. The van der Waals surface area contributed by atoms with Crippen molar-refractivity contribution >= 4 is 11.6 Å². The molecule has 0 aliphatic carbocycles. The molecule has 1 fully saturated rings. The molecule has 0 spiro atoms. The SMILES string of the molecule is CCc1nn(C)c(C(=O)N2CC(CO)OC(C)(C)C2)c1N. The van der Waals surface area contributed by atoms with Crippen molar-refractivity contribution in [3.05, 3.63) is 11.4 Å². The van der Waals surface area contributed by atoms with Gasteiger partial charge in [0, 0.05) is 20.1 Å². The number of aromatic nitrogens is 2. The normalized spacial score (nSPS) is 21.6. The van der Waals surface area contributed by atoms with Crippen LogP contribution in [-0.2, 0) is 18.2 Å². The Bertz CT molecular complexity index is 539. The topological polar surface area (TPSA) is 93.6 Å². The van der Waals surface area contributed by atoms with E-state index >= 15 is 0 Å². The lowest BCUT2D eigenvalue weighted by Crippen LogP contribution is -2.55. The van der Waals surface area contributed by atoms with E-state index in [0.29, 0.717) is 30.9 Å². The van der Waals surface area contributed by atoms with Gasteiger partial charge in [0.15, 0.2) is 0 Å². The summed E-state index contributed by atoms with van der Waals surface area (Å²) >= 11 is 0. The zero-order chi connectivity index (χ0) is 15.8. The molecule has 1 atom stereocenters. The van der Waals surface area contributed by atoms with Gasteiger partial charge < -0.3 is 20.5 Å². The highest BCUT2D eigenvalue weighted by Crippen LogP contribution is 2.25. The summed E-state index contributed by atoms with van der Waals surface area (Å²) in [6.45, 7) is 6.44. The highest BCUT2D eigenvalue weighted by Gasteiger charge is 2.37. The Hall–Kier alpha value is -1.60. The maximum Gasteiger partial charge on any atom is 0.274 e. The van der Waals surface area contributed by atoms with Gasteiger partial charge in [0.05, 0.1) is 29.7 Å². The van der Waals surface area contributed by atoms with E-state index in [4.69, 9.17) is 10.5 Å². The van der Waals surface area contributed by atoms with Gasteiger partial charge in [0.1, 0.15) is 5.69 Å². The number of ether oxygens (including phenoxy) is 1. The fraction of sp³-hybridized carbons (Fsp3) is 0.714. The molecule has 1 aliphatic heterocycles. The first-order chi connectivity index (χ1) is 9.79. The van der Waals surface area contributed by atoms with Crippen molar-refractivity contribution in [2.24, 2.45) is 7.05 Å². The number of aliphatic hydroxyl groups excluding tert-OH is 1. The molecular weight excluding hydrogens is 272 g/mol. The van der Waals surface area contributed by atoms with E-state index in [1.165, 1.54) is 4.68 Å². The predicted octanol–water partition coefficient (Wildman–Crippen LogP) is 0.177. The van der Waals surface area contributed by atoms with Crippen LogP contribution in [0, 0.1) is 0 Å². The van der Waals surface area contributed by atoms with Gasteiger partial charge in [0.25, 0.3) is 5.91 Å². The lowest BCUT2D eigenvalue weighted by atomic mass is 10.0. The molecule has 118 valence electrons. The fourth-order valence-corrected chi connectivity index (χ4v) is 2.81. The van der Waals surface area contributed by atoms with Gasteiger partial charge in [-0.1, -0.05) is 6.92 Å². The van der Waals surface area contributed by atoms with Crippen LogP contribution in [0.4, 0.5) is 5.69 Å². The monoisotopic (exact) mass is 296 g/mol. The van der Waals surface area contributed by atoms with E-state index in [1.807, 2.05) is 20.8 Å². The average molecular weight is 296 g/mol. The maximum atomic E-state index is 12.8. The Labute approximate surface area is 124 Å². The quantitative estimate of drug-likeness (QED) is 0.829. The fourth-order valence-electron chi connectivity index (χ4n) is 2.81. The first-order valence-electron chi connectivity index (χ1n) is 7.18. The van der Waals surface area contributed by atoms with Crippen LogP contribution in [0.15, 0.2) is 0 Å². The van der Waals surface area contributed by atoms with Gasteiger partial charge >= 0.3 is 0 Å². The molecule has 21 heavy (non-hydrogen) atoms. The van der Waals surface area contributed by atoms with Crippen molar-refractivity contribution in [2.75, 3.05) is 25.4 Å². The third-order valence-corrected chi connectivity index (χ3v) is 3.67. The summed E-state index contributed by atoms with van der Waals surface area (Å²) in [5.41, 5.74) is 7.12. The summed E-state index contributed by atoms with van der Waals surface area (Å²) in [5, 5.41) is 13.6. The van der Waals surface area contributed by atoms with Gasteiger partial charge in [-0.05, 0) is 20.3 Å². The van der Waals surface area contributed by atoms with Crippen molar-refractivity contribution in [1.82, 2.24) is 14.7 Å². The summed E-state index contributed by atoms with van der Waals surface area (Å²) in [6.07, 6.45) is 0.304. The predicted molar refractivity (Wildman–Crippen MR) is 78.9 cm³/mol. The second-order valence-electron chi connectivity index (χ2n) is 6.05. The number of aliphatic hydroxyl groups is 1. The Morgan fingerprint density at radius 3 is 2.76 bits per heavy atom. The van der Waals surface area contributed by atoms with Crippen molar-refractivity contribution in [3.63, 3.8) is 0 Å². The number of carbonyl (C=O) groups excluding carboxylic acids is 1. The number of morpholine rings is 1. The number of anilines is 1. The van der Waals surface area contributed by atoms with Crippen LogP contribution < -0.4 is 5.73 Å². The Morgan fingerprint density at radius 1 is 1.57 bits per heavy atom. The minimum absolute atomic E-state index is 0.117. The first kappa shape index (κ1) is 15.8. The molecule has 7 nitrogen and oxygen atoms in total. The van der Waals surface area contributed by atoms with E-state index in [0.717, 1.165) is 5.69 Å². The molecular formula is C14H24N4O3. The van der Waals surface area contributed by atoms with E-state index in [2.05, 4.69) is 5.10 Å². The average Bonchev–Trinajstić information content (AvgIpc) is 2.70. The number of aryl methyl sites for hydroxylation is 2. The summed E-state index contributed by atoms with van der Waals surface area (Å²) < 4.78 is 7.26. The van der Waals surface area contributed by atoms with Crippen LogP contribution in [0.2, 0.25) is 0 Å². The molecule has 1 aromatic rings. The molecule has 3 N–H and O–H groups in total. The van der Waals surface area contributed by atoms with E-state index in [1.54, 1.807) is 11.9 Å². The minimum Gasteiger partial charge on any atom is -0.395 e. The van der Waals surface area contributed by atoms with E-state index < -0.39 is 5.60 Å². The zero-order valence-corrected chi connectivity index (χ0v) is 13.1. The third-order valence-electron chi connectivity index (χ3n) is 3.67. The van der Waals surface area contributed by atoms with Crippen LogP contribution >= 0.6 is 0 Å². The van der Waals surface area contributed by atoms with Crippen molar-refractivity contribution in [2.45, 2.75) is 38.9 Å². The van der Waals surface area contributed by atoms with Crippen molar-refractivity contribution in [3.8, 4) is 0 Å². The van der Waals surface area contributed by atoms with Crippen LogP contribution in [0.3, 0.4) is 0 Å². The molecule has 1 unspecified atom stereocenters. The Morgan fingerprint density at radius 2 is 2.24 bits per heavy atom. The number of nitrogens with two attached hydrogens (primary N) is 1. The molecule has 2 heterocycles.